The predicted molar refractivity (Wildman–Crippen MR) is 102 cm³/mol. The van der Waals surface area contributed by atoms with Gasteiger partial charge in [0.1, 0.15) is 17.9 Å². The van der Waals surface area contributed by atoms with E-state index in [9.17, 15) is 0 Å². The molecule has 3 aromatic heterocycles. The van der Waals surface area contributed by atoms with Gasteiger partial charge in [-0.25, -0.2) is 15.0 Å². The lowest BCUT2D eigenvalue weighted by molar-refractivity contribution is 0.266. The third-order valence-electron chi connectivity index (χ3n) is 5.38. The molecule has 0 aliphatic carbocycles. The maximum absolute atomic E-state index is 5.29. The lowest BCUT2D eigenvalue weighted by atomic mass is 9.94. The van der Waals surface area contributed by atoms with E-state index in [0.29, 0.717) is 5.92 Å². The molecular weight excluding hydrogens is 340 g/mol. The van der Waals surface area contributed by atoms with Crippen molar-refractivity contribution in [2.24, 2.45) is 5.92 Å². The predicted octanol–water partition coefficient (Wildman–Crippen LogP) is 3.32. The number of rotatable bonds is 5. The van der Waals surface area contributed by atoms with Crippen molar-refractivity contribution in [1.29, 1.82) is 0 Å². The van der Waals surface area contributed by atoms with Crippen LogP contribution >= 0.6 is 0 Å². The van der Waals surface area contributed by atoms with E-state index < -0.39 is 0 Å². The van der Waals surface area contributed by atoms with Gasteiger partial charge in [0.2, 0.25) is 0 Å². The highest BCUT2D eigenvalue weighted by molar-refractivity contribution is 5.63. The van der Waals surface area contributed by atoms with Crippen LogP contribution in [0.3, 0.4) is 0 Å². The molecule has 0 radical (unpaired) electrons. The molecule has 1 atom stereocenters. The van der Waals surface area contributed by atoms with Crippen molar-refractivity contribution in [1.82, 2.24) is 30.0 Å². The van der Waals surface area contributed by atoms with Crippen LogP contribution < -0.4 is 0 Å². The average molecular weight is 366 g/mol. The Morgan fingerprint density at radius 1 is 1.19 bits per heavy atom. The first-order valence-electron chi connectivity index (χ1n) is 9.64. The van der Waals surface area contributed by atoms with Crippen LogP contribution in [-0.4, -0.2) is 43.1 Å². The first kappa shape index (κ1) is 17.9. The molecule has 1 saturated heterocycles. The summed E-state index contributed by atoms with van der Waals surface area (Å²) in [5, 5.41) is 4.04. The van der Waals surface area contributed by atoms with Gasteiger partial charge < -0.3 is 9.51 Å². The summed E-state index contributed by atoms with van der Waals surface area (Å²) in [5.41, 5.74) is 3.87. The smallest absolute Gasteiger partial charge is 0.143 e. The van der Waals surface area contributed by atoms with Crippen LogP contribution in [-0.2, 0) is 13.0 Å². The second kappa shape index (κ2) is 8.00. The van der Waals surface area contributed by atoms with Crippen LogP contribution in [0.4, 0.5) is 0 Å². The Morgan fingerprint density at radius 2 is 2.11 bits per heavy atom. The minimum absolute atomic E-state index is 0.652. The van der Waals surface area contributed by atoms with E-state index in [4.69, 9.17) is 4.52 Å². The summed E-state index contributed by atoms with van der Waals surface area (Å²) in [7, 11) is 0. The number of aryl methyl sites for hydroxylation is 2. The summed E-state index contributed by atoms with van der Waals surface area (Å²) in [6, 6.07) is 2.10. The molecule has 142 valence electrons. The fraction of sp³-hybridized carbons (Fsp3) is 0.500. The molecule has 0 bridgehead atoms. The molecule has 0 unspecified atom stereocenters. The Bertz CT molecular complexity index is 853. The molecule has 0 aromatic carbocycles. The molecule has 1 aliphatic heterocycles. The van der Waals surface area contributed by atoms with E-state index >= 15 is 0 Å². The summed E-state index contributed by atoms with van der Waals surface area (Å²) >= 11 is 0. The van der Waals surface area contributed by atoms with E-state index in [1.807, 2.05) is 26.2 Å². The van der Waals surface area contributed by atoms with E-state index in [1.165, 1.54) is 19.3 Å². The number of aromatic amines is 1. The molecule has 0 spiro atoms. The average Bonchev–Trinajstić information content (AvgIpc) is 3.22. The number of aromatic nitrogens is 5. The van der Waals surface area contributed by atoms with Gasteiger partial charge in [0.25, 0.3) is 0 Å². The Hall–Kier alpha value is -2.54. The molecule has 4 heterocycles. The van der Waals surface area contributed by atoms with Gasteiger partial charge in [0, 0.05) is 18.1 Å². The van der Waals surface area contributed by atoms with Crippen LogP contribution in [0.2, 0.25) is 0 Å². The van der Waals surface area contributed by atoms with Crippen molar-refractivity contribution in [3.05, 3.63) is 47.8 Å². The van der Waals surface area contributed by atoms with E-state index in [2.05, 4.69) is 36.1 Å². The van der Waals surface area contributed by atoms with Gasteiger partial charge in [0.15, 0.2) is 0 Å². The first-order valence-corrected chi connectivity index (χ1v) is 9.64. The second-order valence-corrected chi connectivity index (χ2v) is 7.41. The summed E-state index contributed by atoms with van der Waals surface area (Å²) in [5.74, 6) is 2.51. The van der Waals surface area contributed by atoms with Crippen LogP contribution in [0, 0.1) is 19.8 Å². The fourth-order valence-corrected chi connectivity index (χ4v) is 3.97. The van der Waals surface area contributed by atoms with Gasteiger partial charge in [-0.15, -0.1) is 0 Å². The van der Waals surface area contributed by atoms with Crippen LogP contribution in [0.15, 0.2) is 29.3 Å². The third-order valence-corrected chi connectivity index (χ3v) is 5.38. The van der Waals surface area contributed by atoms with Crippen molar-refractivity contribution in [3.63, 3.8) is 0 Å². The SMILES string of the molecule is Cc1noc(C)c1-c1cc(C[C@H]2CCCN(Cc3ncc[nH]3)CC2)ncn1. The van der Waals surface area contributed by atoms with Crippen molar-refractivity contribution < 1.29 is 4.52 Å². The zero-order chi connectivity index (χ0) is 18.6. The van der Waals surface area contributed by atoms with Gasteiger partial charge in [0.05, 0.1) is 23.5 Å². The second-order valence-electron chi connectivity index (χ2n) is 7.41. The molecule has 4 rings (SSSR count). The molecule has 7 heteroatoms. The number of hydrogen-bond acceptors (Lipinski definition) is 6. The van der Waals surface area contributed by atoms with Crippen molar-refractivity contribution in [2.75, 3.05) is 13.1 Å². The third kappa shape index (κ3) is 4.24. The molecule has 1 fully saturated rings. The molecular formula is C20H26N6O. The van der Waals surface area contributed by atoms with Gasteiger partial charge in [-0.1, -0.05) is 5.16 Å². The molecule has 3 aromatic rings. The maximum Gasteiger partial charge on any atom is 0.143 e. The molecule has 7 nitrogen and oxygen atoms in total. The summed E-state index contributed by atoms with van der Waals surface area (Å²) in [4.78, 5) is 19.0. The normalized spacial score (nSPS) is 18.5. The van der Waals surface area contributed by atoms with Crippen LogP contribution in [0.1, 0.15) is 42.2 Å². The number of nitrogens with one attached hydrogen (secondary N) is 1. The van der Waals surface area contributed by atoms with Gasteiger partial charge in [-0.2, -0.15) is 0 Å². The fourth-order valence-electron chi connectivity index (χ4n) is 3.97. The number of likely N-dealkylation sites (tertiary alicyclic amines) is 1. The number of nitrogens with zero attached hydrogens (tertiary/aromatic N) is 5. The van der Waals surface area contributed by atoms with Crippen molar-refractivity contribution in [3.8, 4) is 11.3 Å². The minimum Gasteiger partial charge on any atom is -0.361 e. The largest absolute Gasteiger partial charge is 0.361 e. The maximum atomic E-state index is 5.29. The Labute approximate surface area is 159 Å². The first-order chi connectivity index (χ1) is 13.2. The van der Waals surface area contributed by atoms with Crippen molar-refractivity contribution >= 4 is 0 Å². The Balaban J connectivity index is 1.40. The molecule has 0 saturated carbocycles. The number of hydrogen-bond donors (Lipinski definition) is 1. The standard InChI is InChI=1S/C20H26N6O/c1-14-20(15(2)27-25-14)18-11-17(23-13-24-18)10-16-4-3-8-26(9-5-16)12-19-21-6-7-22-19/h6-7,11,13,16H,3-5,8-10,12H2,1-2H3,(H,21,22)/t16-/m0/s1. The molecule has 0 amide bonds. The van der Waals surface area contributed by atoms with Gasteiger partial charge >= 0.3 is 0 Å². The van der Waals surface area contributed by atoms with Gasteiger partial charge in [-0.05, 0) is 64.6 Å². The monoisotopic (exact) mass is 366 g/mol. The molecule has 1 aliphatic rings. The summed E-state index contributed by atoms with van der Waals surface area (Å²) < 4.78 is 5.29. The zero-order valence-corrected chi connectivity index (χ0v) is 16.0. The highest BCUT2D eigenvalue weighted by Crippen LogP contribution is 2.27. The van der Waals surface area contributed by atoms with E-state index in [1.54, 1.807) is 6.33 Å². The summed E-state index contributed by atoms with van der Waals surface area (Å²) in [6.45, 7) is 7.02. The van der Waals surface area contributed by atoms with Crippen LogP contribution in [0.5, 0.6) is 0 Å². The lowest BCUT2D eigenvalue weighted by Crippen LogP contribution is -2.25. The summed E-state index contributed by atoms with van der Waals surface area (Å²) in [6.07, 6.45) is 10.0. The number of imidazole rings is 1. The van der Waals surface area contributed by atoms with Crippen LogP contribution in [0.25, 0.3) is 11.3 Å². The lowest BCUT2D eigenvalue weighted by Gasteiger charge is -2.18. The molecule has 1 N–H and O–H groups in total. The van der Waals surface area contributed by atoms with E-state index in [-0.39, 0.29) is 0 Å². The van der Waals surface area contributed by atoms with E-state index in [0.717, 1.165) is 60.3 Å². The number of H-pyrrole nitrogens is 1. The highest BCUT2D eigenvalue weighted by Gasteiger charge is 2.20. The minimum atomic E-state index is 0.652. The Kier molecular flexibility index (Phi) is 5.29. The Morgan fingerprint density at radius 3 is 2.89 bits per heavy atom. The van der Waals surface area contributed by atoms with Crippen molar-refractivity contribution in [2.45, 2.75) is 46.1 Å². The topological polar surface area (TPSA) is 83.7 Å². The molecule has 27 heavy (non-hydrogen) atoms. The van der Waals surface area contributed by atoms with Gasteiger partial charge in [-0.3, -0.25) is 4.90 Å². The highest BCUT2D eigenvalue weighted by atomic mass is 16.5. The quantitative estimate of drug-likeness (QED) is 0.746. The zero-order valence-electron chi connectivity index (χ0n) is 16.0.